The molecular weight excluding hydrogens is 298 g/mol. The molecule has 0 aliphatic heterocycles. The second-order valence-corrected chi connectivity index (χ2v) is 5.79. The van der Waals surface area contributed by atoms with E-state index in [-0.39, 0.29) is 6.03 Å². The van der Waals surface area contributed by atoms with Crippen LogP contribution in [0.4, 0.5) is 4.79 Å². The summed E-state index contributed by atoms with van der Waals surface area (Å²) in [6.07, 6.45) is 0.930. The number of urea groups is 1. The van der Waals surface area contributed by atoms with Gasteiger partial charge in [0, 0.05) is 18.8 Å². The highest BCUT2D eigenvalue weighted by Gasteiger charge is 2.01. The van der Waals surface area contributed by atoms with Crippen LogP contribution in [0.1, 0.15) is 16.7 Å². The standard InChI is InChI=1S/C20H25N3O/c1-16-8-10-19(11-9-16)15-23-20(24)22-14-17(2)21-13-12-18-6-4-3-5-7-18/h3-11,21H,2,12-15H2,1H3,(H2,22,23,24). The molecule has 0 aliphatic rings. The zero-order valence-corrected chi connectivity index (χ0v) is 14.1. The van der Waals surface area contributed by atoms with E-state index < -0.39 is 0 Å². The highest BCUT2D eigenvalue weighted by atomic mass is 16.2. The van der Waals surface area contributed by atoms with Crippen LogP contribution >= 0.6 is 0 Å². The first kappa shape index (κ1) is 17.6. The molecule has 2 aromatic carbocycles. The van der Waals surface area contributed by atoms with E-state index in [4.69, 9.17) is 0 Å². The van der Waals surface area contributed by atoms with Gasteiger partial charge in [0.25, 0.3) is 0 Å². The van der Waals surface area contributed by atoms with Crippen LogP contribution in [0.3, 0.4) is 0 Å². The van der Waals surface area contributed by atoms with Crippen molar-refractivity contribution < 1.29 is 4.79 Å². The van der Waals surface area contributed by atoms with Crippen molar-refractivity contribution in [3.8, 4) is 0 Å². The van der Waals surface area contributed by atoms with Crippen molar-refractivity contribution in [1.82, 2.24) is 16.0 Å². The van der Waals surface area contributed by atoms with Crippen LogP contribution in [0, 0.1) is 6.92 Å². The molecular formula is C20H25N3O. The average Bonchev–Trinajstić information content (AvgIpc) is 2.60. The van der Waals surface area contributed by atoms with E-state index in [1.54, 1.807) is 0 Å². The number of rotatable bonds is 8. The Morgan fingerprint density at radius 2 is 1.62 bits per heavy atom. The molecule has 24 heavy (non-hydrogen) atoms. The summed E-state index contributed by atoms with van der Waals surface area (Å²) in [5, 5.41) is 8.87. The molecule has 0 saturated carbocycles. The lowest BCUT2D eigenvalue weighted by Gasteiger charge is -2.12. The van der Waals surface area contributed by atoms with Gasteiger partial charge in [0.05, 0.1) is 6.54 Å². The number of benzene rings is 2. The van der Waals surface area contributed by atoms with Crippen molar-refractivity contribution in [1.29, 1.82) is 0 Å². The number of hydrogen-bond donors (Lipinski definition) is 3. The van der Waals surface area contributed by atoms with E-state index in [2.05, 4.69) is 34.7 Å². The maximum absolute atomic E-state index is 11.8. The Labute approximate surface area is 144 Å². The Balaban J connectivity index is 1.59. The molecule has 0 atom stereocenters. The Hall–Kier alpha value is -2.75. The molecule has 3 N–H and O–H groups in total. The maximum atomic E-state index is 11.8. The Morgan fingerprint density at radius 1 is 0.917 bits per heavy atom. The van der Waals surface area contributed by atoms with E-state index in [9.17, 15) is 4.79 Å². The van der Waals surface area contributed by atoms with Crippen molar-refractivity contribution in [2.75, 3.05) is 13.1 Å². The molecule has 0 unspecified atom stereocenters. The molecule has 0 aliphatic carbocycles. The number of hydrogen-bond acceptors (Lipinski definition) is 2. The minimum atomic E-state index is -0.193. The number of aryl methyl sites for hydroxylation is 1. The highest BCUT2D eigenvalue weighted by Crippen LogP contribution is 2.02. The molecule has 0 aromatic heterocycles. The van der Waals surface area contributed by atoms with Gasteiger partial charge in [0.15, 0.2) is 0 Å². The predicted molar refractivity (Wildman–Crippen MR) is 98.7 cm³/mol. The van der Waals surface area contributed by atoms with Gasteiger partial charge in [-0.25, -0.2) is 4.79 Å². The second kappa shape index (κ2) is 9.40. The molecule has 0 spiro atoms. The van der Waals surface area contributed by atoms with Crippen molar-refractivity contribution in [3.05, 3.63) is 83.6 Å². The van der Waals surface area contributed by atoms with Gasteiger partial charge in [-0.15, -0.1) is 0 Å². The fourth-order valence-corrected chi connectivity index (χ4v) is 2.23. The Bertz CT molecular complexity index is 650. The predicted octanol–water partition coefficient (Wildman–Crippen LogP) is 3.14. The van der Waals surface area contributed by atoms with Gasteiger partial charge in [-0.1, -0.05) is 66.7 Å². The Kier molecular flexibility index (Phi) is 6.90. The van der Waals surface area contributed by atoms with Crippen LogP contribution in [0.15, 0.2) is 66.9 Å². The van der Waals surface area contributed by atoms with Crippen molar-refractivity contribution >= 4 is 6.03 Å². The molecule has 2 aromatic rings. The first-order valence-electron chi connectivity index (χ1n) is 8.16. The number of nitrogens with one attached hydrogen (secondary N) is 3. The quantitative estimate of drug-likeness (QED) is 0.699. The summed E-state index contributed by atoms with van der Waals surface area (Å²) in [4.78, 5) is 11.8. The van der Waals surface area contributed by atoms with Crippen molar-refractivity contribution in [3.63, 3.8) is 0 Å². The SMILES string of the molecule is C=C(CNC(=O)NCc1ccc(C)cc1)NCCc1ccccc1. The minimum absolute atomic E-state index is 0.193. The second-order valence-electron chi connectivity index (χ2n) is 5.79. The summed E-state index contributed by atoms with van der Waals surface area (Å²) >= 11 is 0. The third kappa shape index (κ3) is 6.57. The summed E-state index contributed by atoms with van der Waals surface area (Å²) in [7, 11) is 0. The molecule has 4 heteroatoms. The average molecular weight is 323 g/mol. The smallest absolute Gasteiger partial charge is 0.315 e. The lowest BCUT2D eigenvalue weighted by atomic mass is 10.1. The van der Waals surface area contributed by atoms with Gasteiger partial charge in [-0.05, 0) is 24.5 Å². The van der Waals surface area contributed by atoms with Gasteiger partial charge >= 0.3 is 6.03 Å². The van der Waals surface area contributed by atoms with Gasteiger partial charge in [0.1, 0.15) is 0 Å². The molecule has 4 nitrogen and oxygen atoms in total. The van der Waals surface area contributed by atoms with Crippen LogP contribution in [0.2, 0.25) is 0 Å². The summed E-state index contributed by atoms with van der Waals surface area (Å²) in [6.45, 7) is 7.70. The fourth-order valence-electron chi connectivity index (χ4n) is 2.23. The normalized spacial score (nSPS) is 10.0. The first-order valence-corrected chi connectivity index (χ1v) is 8.16. The van der Waals surface area contributed by atoms with E-state index in [1.807, 2.05) is 49.4 Å². The van der Waals surface area contributed by atoms with Crippen LogP contribution in [-0.2, 0) is 13.0 Å². The molecule has 2 rings (SSSR count). The van der Waals surface area contributed by atoms with E-state index in [1.165, 1.54) is 11.1 Å². The van der Waals surface area contributed by atoms with Crippen LogP contribution in [0.5, 0.6) is 0 Å². The van der Waals surface area contributed by atoms with Gasteiger partial charge in [-0.2, -0.15) is 0 Å². The first-order chi connectivity index (χ1) is 11.6. The van der Waals surface area contributed by atoms with Gasteiger partial charge in [0.2, 0.25) is 0 Å². The fraction of sp³-hybridized carbons (Fsp3) is 0.250. The Morgan fingerprint density at radius 3 is 2.33 bits per heavy atom. The summed E-state index contributed by atoms with van der Waals surface area (Å²) in [6, 6.07) is 18.2. The zero-order chi connectivity index (χ0) is 17.2. The number of carbonyl (C=O) groups excluding carboxylic acids is 1. The molecule has 0 radical (unpaired) electrons. The van der Waals surface area contributed by atoms with E-state index >= 15 is 0 Å². The summed E-state index contributed by atoms with van der Waals surface area (Å²) < 4.78 is 0. The monoisotopic (exact) mass is 323 g/mol. The van der Waals surface area contributed by atoms with Crippen LogP contribution in [-0.4, -0.2) is 19.1 Å². The zero-order valence-electron chi connectivity index (χ0n) is 14.1. The summed E-state index contributed by atoms with van der Waals surface area (Å²) in [5.74, 6) is 0. The lowest BCUT2D eigenvalue weighted by Crippen LogP contribution is -2.38. The molecule has 0 heterocycles. The summed E-state index contributed by atoms with van der Waals surface area (Å²) in [5.41, 5.74) is 4.37. The molecule has 0 saturated heterocycles. The van der Waals surface area contributed by atoms with E-state index in [0.717, 1.165) is 24.2 Å². The molecule has 0 bridgehead atoms. The minimum Gasteiger partial charge on any atom is -0.387 e. The number of carbonyl (C=O) groups is 1. The van der Waals surface area contributed by atoms with Gasteiger partial charge < -0.3 is 16.0 Å². The third-order valence-corrected chi connectivity index (χ3v) is 3.67. The van der Waals surface area contributed by atoms with Crippen molar-refractivity contribution in [2.45, 2.75) is 19.9 Å². The molecule has 2 amide bonds. The maximum Gasteiger partial charge on any atom is 0.315 e. The van der Waals surface area contributed by atoms with Crippen molar-refractivity contribution in [2.24, 2.45) is 0 Å². The van der Waals surface area contributed by atoms with E-state index in [0.29, 0.717) is 13.1 Å². The highest BCUT2D eigenvalue weighted by molar-refractivity contribution is 5.74. The van der Waals surface area contributed by atoms with Crippen LogP contribution in [0.25, 0.3) is 0 Å². The topological polar surface area (TPSA) is 53.2 Å². The van der Waals surface area contributed by atoms with Gasteiger partial charge in [-0.3, -0.25) is 0 Å². The largest absolute Gasteiger partial charge is 0.387 e. The van der Waals surface area contributed by atoms with Crippen LogP contribution < -0.4 is 16.0 Å². The third-order valence-electron chi connectivity index (χ3n) is 3.67. The molecule has 0 fully saturated rings. The molecule has 126 valence electrons. The number of amides is 2. The lowest BCUT2D eigenvalue weighted by molar-refractivity contribution is 0.241.